The van der Waals surface area contributed by atoms with Crippen LogP contribution in [0, 0.1) is 5.82 Å². The van der Waals surface area contributed by atoms with Crippen molar-refractivity contribution in [1.82, 2.24) is 20.4 Å². The summed E-state index contributed by atoms with van der Waals surface area (Å²) in [5.74, 6) is -0.164. The van der Waals surface area contributed by atoms with Crippen LogP contribution in [-0.4, -0.2) is 58.0 Å². The number of aliphatic hydroxyl groups is 1. The lowest BCUT2D eigenvalue weighted by molar-refractivity contribution is -0.141. The Hall–Kier alpha value is -3.63. The maximum absolute atomic E-state index is 13.4. The van der Waals surface area contributed by atoms with Crippen LogP contribution in [0.4, 0.5) is 4.39 Å². The van der Waals surface area contributed by atoms with E-state index in [4.69, 9.17) is 4.74 Å². The Morgan fingerprint density at radius 1 is 1.00 bits per heavy atom. The highest BCUT2D eigenvalue weighted by Gasteiger charge is 2.40. The van der Waals surface area contributed by atoms with Gasteiger partial charge >= 0.3 is 0 Å². The zero-order valence-electron chi connectivity index (χ0n) is 22.8. The van der Waals surface area contributed by atoms with E-state index in [2.05, 4.69) is 27.7 Å². The standard InChI is InChI=1S/C32H35FN4O4/c33-24-8-6-22(7-9-24)18-36-15-14-27(34-17-21-4-2-1-3-5-21)29(20-36)41-25-10-11-26-23(16-25)19-37(32(26)40)28-12-13-30(38)35-31(28)39/h1-11,16,27-29,32,34,40H,12-15,17-20H2,(H,35,38,39)/t27-,28?,29-,32?/m0/s1. The molecule has 3 aliphatic heterocycles. The number of piperidine rings is 2. The van der Waals surface area contributed by atoms with E-state index < -0.39 is 12.3 Å². The zero-order valence-corrected chi connectivity index (χ0v) is 22.8. The van der Waals surface area contributed by atoms with Gasteiger partial charge in [0.1, 0.15) is 23.9 Å². The molecule has 2 saturated heterocycles. The predicted molar refractivity (Wildman–Crippen MR) is 151 cm³/mol. The van der Waals surface area contributed by atoms with E-state index in [-0.39, 0.29) is 36.2 Å². The van der Waals surface area contributed by atoms with Gasteiger partial charge in [-0.3, -0.25) is 24.7 Å². The van der Waals surface area contributed by atoms with E-state index >= 15 is 0 Å². The summed E-state index contributed by atoms with van der Waals surface area (Å²) in [7, 11) is 0. The van der Waals surface area contributed by atoms with Gasteiger partial charge in [-0.05, 0) is 53.8 Å². The molecule has 2 unspecified atom stereocenters. The van der Waals surface area contributed by atoms with Gasteiger partial charge in [0.05, 0.1) is 6.04 Å². The van der Waals surface area contributed by atoms with Crippen molar-refractivity contribution in [2.24, 2.45) is 0 Å². The second-order valence-corrected chi connectivity index (χ2v) is 11.2. The van der Waals surface area contributed by atoms with Crippen LogP contribution in [0.3, 0.4) is 0 Å². The molecule has 3 aromatic carbocycles. The van der Waals surface area contributed by atoms with Gasteiger partial charge in [0.2, 0.25) is 11.8 Å². The monoisotopic (exact) mass is 558 g/mol. The van der Waals surface area contributed by atoms with Gasteiger partial charge in [0, 0.05) is 50.7 Å². The number of carbonyl (C=O) groups excluding carboxylic acids is 2. The van der Waals surface area contributed by atoms with E-state index in [1.54, 1.807) is 4.90 Å². The minimum absolute atomic E-state index is 0.124. The van der Waals surface area contributed by atoms with E-state index in [0.29, 0.717) is 31.8 Å². The number of rotatable bonds is 8. The molecule has 9 heteroatoms. The largest absolute Gasteiger partial charge is 0.487 e. The fourth-order valence-electron chi connectivity index (χ4n) is 6.13. The molecule has 0 saturated carbocycles. The number of aliphatic hydroxyl groups excluding tert-OH is 1. The molecule has 0 aromatic heterocycles. The number of halogens is 1. The van der Waals surface area contributed by atoms with Crippen LogP contribution in [-0.2, 0) is 29.2 Å². The lowest BCUT2D eigenvalue weighted by Gasteiger charge is -2.39. The van der Waals surface area contributed by atoms with Crippen molar-refractivity contribution in [3.63, 3.8) is 0 Å². The molecule has 2 amide bonds. The van der Waals surface area contributed by atoms with Crippen LogP contribution in [0.1, 0.15) is 47.7 Å². The second-order valence-electron chi connectivity index (χ2n) is 11.2. The Balaban J connectivity index is 1.16. The minimum atomic E-state index is -0.913. The van der Waals surface area contributed by atoms with Gasteiger partial charge in [0.25, 0.3) is 0 Å². The number of fused-ring (bicyclic) bond motifs is 1. The van der Waals surface area contributed by atoms with Crippen LogP contribution in [0.5, 0.6) is 5.75 Å². The summed E-state index contributed by atoms with van der Waals surface area (Å²) in [6.45, 7) is 3.44. The Kier molecular flexibility index (Phi) is 8.11. The van der Waals surface area contributed by atoms with E-state index in [1.807, 2.05) is 48.5 Å². The molecule has 0 spiro atoms. The third-order valence-corrected chi connectivity index (χ3v) is 8.33. The molecule has 0 aliphatic carbocycles. The maximum atomic E-state index is 13.4. The van der Waals surface area contributed by atoms with E-state index in [0.717, 1.165) is 36.2 Å². The summed E-state index contributed by atoms with van der Waals surface area (Å²) in [5.41, 5.74) is 3.93. The highest BCUT2D eigenvalue weighted by atomic mass is 19.1. The van der Waals surface area contributed by atoms with Crippen molar-refractivity contribution in [2.45, 2.75) is 63.3 Å². The number of amides is 2. The van der Waals surface area contributed by atoms with Gasteiger partial charge in [-0.25, -0.2) is 4.39 Å². The molecule has 0 bridgehead atoms. The Morgan fingerprint density at radius 2 is 1.80 bits per heavy atom. The highest BCUT2D eigenvalue weighted by molar-refractivity contribution is 6.00. The van der Waals surface area contributed by atoms with Crippen molar-refractivity contribution < 1.29 is 23.8 Å². The molecule has 3 aliphatic rings. The molecule has 3 aromatic rings. The number of likely N-dealkylation sites (tertiary alicyclic amines) is 1. The fourth-order valence-corrected chi connectivity index (χ4v) is 6.13. The average Bonchev–Trinajstić information content (AvgIpc) is 3.29. The molecule has 214 valence electrons. The molecular formula is C32H35FN4O4. The molecule has 3 N–H and O–H groups in total. The second kappa shape index (κ2) is 12.1. The first-order valence-electron chi connectivity index (χ1n) is 14.2. The number of hydrogen-bond acceptors (Lipinski definition) is 7. The Morgan fingerprint density at radius 3 is 2.59 bits per heavy atom. The number of imide groups is 1. The van der Waals surface area contributed by atoms with Crippen LogP contribution < -0.4 is 15.4 Å². The molecule has 6 rings (SSSR count). The molecule has 41 heavy (non-hydrogen) atoms. The van der Waals surface area contributed by atoms with Crippen molar-refractivity contribution in [3.05, 3.63) is 101 Å². The van der Waals surface area contributed by atoms with Gasteiger partial charge in [0.15, 0.2) is 0 Å². The number of nitrogens with zero attached hydrogens (tertiary/aromatic N) is 2. The molecular weight excluding hydrogens is 523 g/mol. The van der Waals surface area contributed by atoms with E-state index in [9.17, 15) is 19.1 Å². The number of hydrogen-bond donors (Lipinski definition) is 3. The predicted octanol–water partition coefficient (Wildman–Crippen LogP) is 3.25. The van der Waals surface area contributed by atoms with Crippen molar-refractivity contribution in [3.8, 4) is 5.75 Å². The number of carbonyl (C=O) groups is 2. The van der Waals surface area contributed by atoms with Gasteiger partial charge in [-0.2, -0.15) is 0 Å². The van der Waals surface area contributed by atoms with Gasteiger partial charge in [-0.15, -0.1) is 0 Å². The molecule has 2 fully saturated rings. The number of nitrogens with one attached hydrogen (secondary N) is 2. The smallest absolute Gasteiger partial charge is 0.244 e. The summed E-state index contributed by atoms with van der Waals surface area (Å²) >= 11 is 0. The lowest BCUT2D eigenvalue weighted by Crippen LogP contribution is -2.54. The number of ether oxygens (including phenoxy) is 1. The van der Waals surface area contributed by atoms with Crippen molar-refractivity contribution in [2.75, 3.05) is 13.1 Å². The first-order valence-corrected chi connectivity index (χ1v) is 14.2. The average molecular weight is 559 g/mol. The van der Waals surface area contributed by atoms with Crippen molar-refractivity contribution >= 4 is 11.8 Å². The third-order valence-electron chi connectivity index (χ3n) is 8.33. The SMILES string of the molecule is O=C1CCC(N2Cc3cc(O[C@H]4CN(Cc5ccc(F)cc5)CC[C@@H]4NCc4ccccc4)ccc3C2O)C(=O)N1. The first-order chi connectivity index (χ1) is 19.9. The third kappa shape index (κ3) is 6.33. The summed E-state index contributed by atoms with van der Waals surface area (Å²) in [5, 5.41) is 17.1. The summed E-state index contributed by atoms with van der Waals surface area (Å²) in [6, 6.07) is 22.2. The first kappa shape index (κ1) is 27.5. The summed E-state index contributed by atoms with van der Waals surface area (Å²) in [6.07, 6.45) is 0.496. The van der Waals surface area contributed by atoms with Crippen LogP contribution >= 0.6 is 0 Å². The van der Waals surface area contributed by atoms with Crippen LogP contribution in [0.15, 0.2) is 72.8 Å². The number of benzene rings is 3. The lowest BCUT2D eigenvalue weighted by atomic mass is 10.00. The Bertz CT molecular complexity index is 1390. The van der Waals surface area contributed by atoms with Gasteiger partial charge in [-0.1, -0.05) is 48.5 Å². The highest BCUT2D eigenvalue weighted by Crippen LogP contribution is 2.37. The summed E-state index contributed by atoms with van der Waals surface area (Å²) < 4.78 is 20.1. The zero-order chi connectivity index (χ0) is 28.3. The molecule has 3 heterocycles. The maximum Gasteiger partial charge on any atom is 0.244 e. The fraction of sp³-hybridized carbons (Fsp3) is 0.375. The molecule has 4 atom stereocenters. The normalized spacial score (nSPS) is 25.1. The molecule has 0 radical (unpaired) electrons. The summed E-state index contributed by atoms with van der Waals surface area (Å²) in [4.78, 5) is 28.1. The van der Waals surface area contributed by atoms with Crippen LogP contribution in [0.25, 0.3) is 0 Å². The van der Waals surface area contributed by atoms with Crippen LogP contribution in [0.2, 0.25) is 0 Å². The quantitative estimate of drug-likeness (QED) is 0.366. The minimum Gasteiger partial charge on any atom is -0.487 e. The molecule has 8 nitrogen and oxygen atoms in total. The topological polar surface area (TPSA) is 94.1 Å². The van der Waals surface area contributed by atoms with Crippen molar-refractivity contribution in [1.29, 1.82) is 0 Å². The Labute approximate surface area is 239 Å². The van der Waals surface area contributed by atoms with Gasteiger partial charge < -0.3 is 15.2 Å². The van der Waals surface area contributed by atoms with E-state index in [1.165, 1.54) is 17.7 Å².